The number of carboxylic acids is 1. The molecule has 1 aromatic heterocycles. The summed E-state index contributed by atoms with van der Waals surface area (Å²) in [6.45, 7) is 3.34. The maximum Gasteiger partial charge on any atom is 0.331 e. The Labute approximate surface area is 144 Å². The molecule has 5 nitrogen and oxygen atoms in total. The van der Waals surface area contributed by atoms with Gasteiger partial charge in [0.2, 0.25) is 5.89 Å². The van der Waals surface area contributed by atoms with E-state index in [1.54, 1.807) is 0 Å². The van der Waals surface area contributed by atoms with E-state index in [-0.39, 0.29) is 23.7 Å². The fraction of sp³-hybridized carbons (Fsp3) is 0.267. The molecule has 1 aliphatic carbocycles. The smallest absolute Gasteiger partial charge is 0.331 e. The van der Waals surface area contributed by atoms with Gasteiger partial charge >= 0.3 is 16.2 Å². The van der Waals surface area contributed by atoms with Crippen LogP contribution in [0, 0.1) is 0 Å². The Kier molecular flexibility index (Phi) is 3.42. The molecule has 1 aliphatic rings. The van der Waals surface area contributed by atoms with E-state index in [1.807, 2.05) is 0 Å². The molecule has 1 fully saturated rings. The van der Waals surface area contributed by atoms with Gasteiger partial charge in [-0.3, -0.25) is 0 Å². The Balaban J connectivity index is 1.88. The Morgan fingerprint density at radius 3 is 2.23 bits per heavy atom. The molecule has 1 heterocycles. The van der Waals surface area contributed by atoms with Crippen LogP contribution in [-0.2, 0) is 16.6 Å². The summed E-state index contributed by atoms with van der Waals surface area (Å²) < 4.78 is 69.0. The number of aliphatic carboxylic acids is 1. The van der Waals surface area contributed by atoms with Gasteiger partial charge in [0.05, 0.1) is 11.8 Å². The van der Waals surface area contributed by atoms with Crippen LogP contribution in [0.1, 0.15) is 30.1 Å². The standard InChI is InChI=1S/C15H13F5N2O3S/c1-9(13(23)24)8-12-21-14(22-25-12)15(6-7-15)10-2-4-11(5-3-10)26(16,17,18,19)20/h2-5H,1,6-8H2,(H,23,24). The lowest BCUT2D eigenvalue weighted by molar-refractivity contribution is -0.132. The van der Waals surface area contributed by atoms with Crippen molar-refractivity contribution in [1.29, 1.82) is 0 Å². The largest absolute Gasteiger partial charge is 0.478 e. The molecule has 1 N–H and O–H groups in total. The number of hydrogen-bond acceptors (Lipinski definition) is 4. The zero-order chi connectivity index (χ0) is 19.4. The zero-order valence-electron chi connectivity index (χ0n) is 13.1. The fourth-order valence-corrected chi connectivity index (χ4v) is 3.23. The van der Waals surface area contributed by atoms with Gasteiger partial charge in [-0.15, -0.1) is 0 Å². The third-order valence-electron chi connectivity index (χ3n) is 4.17. The van der Waals surface area contributed by atoms with Crippen molar-refractivity contribution < 1.29 is 33.9 Å². The van der Waals surface area contributed by atoms with Crippen LogP contribution in [0.2, 0.25) is 0 Å². The van der Waals surface area contributed by atoms with Crippen LogP contribution in [0.15, 0.2) is 45.8 Å². The van der Waals surface area contributed by atoms with Gasteiger partial charge in [-0.05, 0) is 30.5 Å². The second kappa shape index (κ2) is 4.84. The molecule has 26 heavy (non-hydrogen) atoms. The van der Waals surface area contributed by atoms with Gasteiger partial charge < -0.3 is 9.63 Å². The molecule has 0 amide bonds. The number of nitrogens with zero attached hydrogens (tertiary/aromatic N) is 2. The maximum atomic E-state index is 12.8. The van der Waals surface area contributed by atoms with Crippen LogP contribution in [0.3, 0.4) is 0 Å². The monoisotopic (exact) mass is 396 g/mol. The van der Waals surface area contributed by atoms with E-state index < -0.39 is 26.5 Å². The fourth-order valence-electron chi connectivity index (χ4n) is 2.58. The van der Waals surface area contributed by atoms with Crippen molar-refractivity contribution in [3.63, 3.8) is 0 Å². The van der Waals surface area contributed by atoms with E-state index in [9.17, 15) is 24.2 Å². The van der Waals surface area contributed by atoms with Gasteiger partial charge in [0, 0.05) is 5.57 Å². The van der Waals surface area contributed by atoms with Gasteiger partial charge in [-0.25, -0.2) is 4.79 Å². The van der Waals surface area contributed by atoms with E-state index in [4.69, 9.17) is 9.63 Å². The first-order chi connectivity index (χ1) is 11.7. The summed E-state index contributed by atoms with van der Waals surface area (Å²) in [6, 6.07) is 2.66. The molecule has 0 saturated heterocycles. The average molecular weight is 396 g/mol. The Morgan fingerprint density at radius 2 is 1.77 bits per heavy atom. The predicted molar refractivity (Wildman–Crippen MR) is 82.6 cm³/mol. The maximum absolute atomic E-state index is 12.8. The average Bonchev–Trinajstić information content (AvgIpc) is 3.19. The Morgan fingerprint density at radius 1 is 1.19 bits per heavy atom. The molecule has 2 aromatic rings. The van der Waals surface area contributed by atoms with Crippen LogP contribution in [0.5, 0.6) is 0 Å². The molecule has 0 unspecified atom stereocenters. The minimum Gasteiger partial charge on any atom is -0.478 e. The summed E-state index contributed by atoms with van der Waals surface area (Å²) in [6.07, 6.45) is 0.824. The molecular weight excluding hydrogens is 383 g/mol. The summed E-state index contributed by atoms with van der Waals surface area (Å²) in [5, 5.41) is 12.5. The predicted octanol–water partition coefficient (Wildman–Crippen LogP) is 4.99. The van der Waals surface area contributed by atoms with Crippen LogP contribution in [0.4, 0.5) is 19.4 Å². The highest BCUT2D eigenvalue weighted by Gasteiger charge is 2.65. The molecule has 0 spiro atoms. The van der Waals surface area contributed by atoms with E-state index in [1.165, 1.54) is 0 Å². The highest BCUT2D eigenvalue weighted by molar-refractivity contribution is 8.45. The van der Waals surface area contributed by atoms with E-state index in [2.05, 4.69) is 16.7 Å². The van der Waals surface area contributed by atoms with Gasteiger partial charge in [0.25, 0.3) is 0 Å². The normalized spacial score (nSPS) is 18.7. The van der Waals surface area contributed by atoms with Crippen molar-refractivity contribution in [1.82, 2.24) is 10.1 Å². The summed E-state index contributed by atoms with van der Waals surface area (Å²) in [7, 11) is -9.72. The number of carboxylic acid groups (broad SMARTS) is 1. The molecule has 11 heteroatoms. The summed E-state index contributed by atoms with van der Waals surface area (Å²) in [5.74, 6) is -1.05. The van der Waals surface area contributed by atoms with Crippen LogP contribution in [-0.4, -0.2) is 21.2 Å². The number of aromatic nitrogens is 2. The van der Waals surface area contributed by atoms with Gasteiger partial charge in [-0.2, -0.15) is 4.98 Å². The number of halogens is 5. The molecule has 1 saturated carbocycles. The molecule has 0 bridgehead atoms. The molecule has 1 aromatic carbocycles. The SMILES string of the molecule is C=C(Cc1nc(C2(c3ccc(S(F)(F)(F)(F)F)cc3)CC2)no1)C(=O)O. The summed E-state index contributed by atoms with van der Waals surface area (Å²) >= 11 is 0. The van der Waals surface area contributed by atoms with E-state index in [0.29, 0.717) is 30.5 Å². The Hall–Kier alpha value is -2.43. The zero-order valence-corrected chi connectivity index (χ0v) is 13.9. The lowest BCUT2D eigenvalue weighted by Crippen LogP contribution is -2.12. The number of hydrogen-bond donors (Lipinski definition) is 1. The van der Waals surface area contributed by atoms with Crippen LogP contribution >= 0.6 is 10.2 Å². The lowest BCUT2D eigenvalue weighted by Gasteiger charge is -2.40. The van der Waals surface area contributed by atoms with E-state index in [0.717, 1.165) is 12.1 Å². The Bertz CT molecular complexity index is 902. The van der Waals surface area contributed by atoms with Gasteiger partial charge in [0.1, 0.15) is 4.90 Å². The first-order valence-corrected chi connectivity index (χ1v) is 9.25. The molecular formula is C15H13F5N2O3S. The number of carbonyl (C=O) groups is 1. The molecule has 142 valence electrons. The van der Waals surface area contributed by atoms with Gasteiger partial charge in [0.15, 0.2) is 5.82 Å². The lowest BCUT2D eigenvalue weighted by atomic mass is 9.95. The number of benzene rings is 1. The molecule has 0 aliphatic heterocycles. The minimum atomic E-state index is -9.72. The van der Waals surface area contributed by atoms with Crippen molar-refractivity contribution in [2.75, 3.05) is 0 Å². The third-order valence-corrected chi connectivity index (χ3v) is 5.33. The first kappa shape index (κ1) is 18.4. The second-order valence-electron chi connectivity index (χ2n) is 6.17. The second-order valence-corrected chi connectivity index (χ2v) is 8.58. The summed E-state index contributed by atoms with van der Waals surface area (Å²) in [4.78, 5) is 12.9. The molecule has 0 radical (unpaired) electrons. The van der Waals surface area contributed by atoms with Crippen molar-refractivity contribution >= 4 is 16.2 Å². The van der Waals surface area contributed by atoms with Crippen LogP contribution in [0.25, 0.3) is 0 Å². The van der Waals surface area contributed by atoms with Gasteiger partial charge in [-0.1, -0.05) is 43.3 Å². The quantitative estimate of drug-likeness (QED) is 0.550. The van der Waals surface area contributed by atoms with Crippen molar-refractivity contribution in [2.24, 2.45) is 0 Å². The number of rotatable bonds is 6. The highest BCUT2D eigenvalue weighted by atomic mass is 32.5. The van der Waals surface area contributed by atoms with Crippen molar-refractivity contribution in [3.05, 3.63) is 53.7 Å². The van der Waals surface area contributed by atoms with Crippen LogP contribution < -0.4 is 0 Å². The molecule has 3 rings (SSSR count). The first-order valence-electron chi connectivity index (χ1n) is 7.30. The highest BCUT2D eigenvalue weighted by Crippen LogP contribution is 3.02. The third kappa shape index (κ3) is 3.43. The topological polar surface area (TPSA) is 76.2 Å². The summed E-state index contributed by atoms with van der Waals surface area (Å²) in [5.41, 5.74) is -0.624. The van der Waals surface area contributed by atoms with Crippen molar-refractivity contribution in [3.8, 4) is 0 Å². The molecule has 0 atom stereocenters. The van der Waals surface area contributed by atoms with Crippen molar-refractivity contribution in [2.45, 2.75) is 29.6 Å². The van der Waals surface area contributed by atoms with E-state index >= 15 is 0 Å². The minimum absolute atomic E-state index is 0.00213.